The fourth-order valence-electron chi connectivity index (χ4n) is 1.67. The van der Waals surface area contributed by atoms with Crippen molar-refractivity contribution >= 4 is 0 Å². The Balaban J connectivity index is 2.65. The molecule has 1 aromatic heterocycles. The molecule has 1 heterocycles. The van der Waals surface area contributed by atoms with Gasteiger partial charge in [-0.2, -0.15) is 5.10 Å². The predicted octanol–water partition coefficient (Wildman–Crippen LogP) is 0.811. The average molecular weight is 220 g/mol. The molecule has 1 rings (SSSR count). The minimum absolute atomic E-state index is 0.0822. The first kappa shape index (κ1) is 12.8. The third kappa shape index (κ3) is 3.37. The molecular weight excluding hydrogens is 200 g/mol. The third-order valence-electron chi connectivity index (χ3n) is 2.54. The van der Waals surface area contributed by atoms with Gasteiger partial charge in [0.2, 0.25) is 0 Å². The number of nitrogens with one attached hydrogen (secondary N) is 1. The van der Waals surface area contributed by atoms with Crippen molar-refractivity contribution in [1.29, 1.82) is 0 Å². The summed E-state index contributed by atoms with van der Waals surface area (Å²) in [6.45, 7) is 2.64. The Bertz CT molecular complexity index is 350. The van der Waals surface area contributed by atoms with Gasteiger partial charge in [-0.05, 0) is 6.42 Å². The molecule has 0 amide bonds. The van der Waals surface area contributed by atoms with Crippen molar-refractivity contribution in [1.82, 2.24) is 15.1 Å². The lowest BCUT2D eigenvalue weighted by molar-refractivity contribution is 0.475. The molecule has 0 saturated heterocycles. The monoisotopic (exact) mass is 220 g/mol. The Hall–Kier alpha value is -1.31. The smallest absolute Gasteiger partial charge is 0.0692 e. The van der Waals surface area contributed by atoms with E-state index in [-0.39, 0.29) is 12.1 Å². The van der Waals surface area contributed by atoms with Gasteiger partial charge < -0.3 is 5.73 Å². The maximum Gasteiger partial charge on any atom is 0.0692 e. The summed E-state index contributed by atoms with van der Waals surface area (Å²) in [4.78, 5) is 0. The van der Waals surface area contributed by atoms with Crippen LogP contribution in [0.1, 0.15) is 31.4 Å². The normalized spacial score (nSPS) is 14.4. The highest BCUT2D eigenvalue weighted by atomic mass is 15.2. The molecule has 0 aromatic carbocycles. The molecule has 0 radical (unpaired) electrons. The quantitative estimate of drug-likeness (QED) is 0.698. The lowest BCUT2D eigenvalue weighted by Crippen LogP contribution is -2.35. The summed E-state index contributed by atoms with van der Waals surface area (Å²) in [6, 6.07) is 0.167. The molecule has 1 aromatic rings. The van der Waals surface area contributed by atoms with Crippen LogP contribution in [0.2, 0.25) is 0 Å². The molecule has 0 aliphatic rings. The van der Waals surface area contributed by atoms with Crippen LogP contribution in [-0.4, -0.2) is 22.4 Å². The molecule has 0 spiro atoms. The van der Waals surface area contributed by atoms with Crippen molar-refractivity contribution in [2.24, 2.45) is 12.8 Å². The van der Waals surface area contributed by atoms with E-state index in [1.54, 1.807) is 4.68 Å². The van der Waals surface area contributed by atoms with Gasteiger partial charge in [0, 0.05) is 31.4 Å². The summed E-state index contributed by atoms with van der Waals surface area (Å²) in [6.07, 6.45) is 11.3. The van der Waals surface area contributed by atoms with E-state index in [1.807, 2.05) is 19.4 Å². The maximum atomic E-state index is 5.75. The van der Waals surface area contributed by atoms with Gasteiger partial charge in [0.25, 0.3) is 0 Å². The van der Waals surface area contributed by atoms with E-state index in [1.165, 1.54) is 0 Å². The van der Waals surface area contributed by atoms with Crippen molar-refractivity contribution in [2.45, 2.75) is 31.8 Å². The van der Waals surface area contributed by atoms with Crippen LogP contribution in [0.4, 0.5) is 0 Å². The molecule has 0 aliphatic heterocycles. The minimum Gasteiger partial charge on any atom is -0.329 e. The van der Waals surface area contributed by atoms with Crippen molar-refractivity contribution < 1.29 is 0 Å². The molecule has 0 aliphatic carbocycles. The van der Waals surface area contributed by atoms with Crippen LogP contribution >= 0.6 is 0 Å². The number of terminal acetylenes is 1. The van der Waals surface area contributed by atoms with Gasteiger partial charge in [-0.1, -0.05) is 19.3 Å². The first-order valence-corrected chi connectivity index (χ1v) is 5.62. The van der Waals surface area contributed by atoms with Crippen LogP contribution in [0, 0.1) is 12.3 Å². The zero-order chi connectivity index (χ0) is 12.0. The second-order valence-electron chi connectivity index (χ2n) is 3.91. The highest BCUT2D eigenvalue weighted by Crippen LogP contribution is 2.12. The molecule has 2 atom stereocenters. The van der Waals surface area contributed by atoms with E-state index < -0.39 is 0 Å². The Morgan fingerprint density at radius 3 is 2.88 bits per heavy atom. The van der Waals surface area contributed by atoms with Crippen molar-refractivity contribution in [2.75, 3.05) is 6.54 Å². The highest BCUT2D eigenvalue weighted by Gasteiger charge is 2.14. The van der Waals surface area contributed by atoms with Crippen molar-refractivity contribution in [3.05, 3.63) is 18.0 Å². The number of rotatable bonds is 6. The van der Waals surface area contributed by atoms with E-state index in [0.29, 0.717) is 6.54 Å². The summed E-state index contributed by atoms with van der Waals surface area (Å²) in [5.74, 6) is 2.75. The molecule has 4 heteroatoms. The molecule has 2 unspecified atom stereocenters. The van der Waals surface area contributed by atoms with Gasteiger partial charge in [0.1, 0.15) is 0 Å². The van der Waals surface area contributed by atoms with Crippen molar-refractivity contribution in [3.63, 3.8) is 0 Å². The van der Waals surface area contributed by atoms with Gasteiger partial charge in [-0.3, -0.25) is 10.00 Å². The van der Waals surface area contributed by atoms with E-state index in [4.69, 9.17) is 12.2 Å². The number of nitrogens with two attached hydrogens (primary N) is 1. The molecule has 16 heavy (non-hydrogen) atoms. The second-order valence-corrected chi connectivity index (χ2v) is 3.91. The number of nitrogens with zero attached hydrogens (tertiary/aromatic N) is 2. The molecule has 0 saturated carbocycles. The topological polar surface area (TPSA) is 55.9 Å². The predicted molar refractivity (Wildman–Crippen MR) is 65.7 cm³/mol. The lowest BCUT2D eigenvalue weighted by Gasteiger charge is -2.20. The molecule has 88 valence electrons. The number of hydrogen-bond acceptors (Lipinski definition) is 3. The second kappa shape index (κ2) is 6.31. The zero-order valence-corrected chi connectivity index (χ0v) is 9.98. The summed E-state index contributed by atoms with van der Waals surface area (Å²) in [5, 5.41) is 7.50. The molecule has 4 nitrogen and oxygen atoms in total. The Labute approximate surface area is 97.2 Å². The molecular formula is C12H20N4. The van der Waals surface area contributed by atoms with Crippen LogP contribution in [0.5, 0.6) is 0 Å². The summed E-state index contributed by atoms with van der Waals surface area (Å²) in [7, 11) is 1.89. The maximum absolute atomic E-state index is 5.75. The van der Waals surface area contributed by atoms with E-state index in [2.05, 4.69) is 23.3 Å². The summed E-state index contributed by atoms with van der Waals surface area (Å²) >= 11 is 0. The van der Waals surface area contributed by atoms with E-state index >= 15 is 0 Å². The van der Waals surface area contributed by atoms with Gasteiger partial charge in [0.15, 0.2) is 0 Å². The average Bonchev–Trinajstić information content (AvgIpc) is 2.71. The summed E-state index contributed by atoms with van der Waals surface area (Å²) in [5.41, 5.74) is 6.83. The minimum atomic E-state index is 0.0822. The van der Waals surface area contributed by atoms with Gasteiger partial charge in [-0.25, -0.2) is 0 Å². The van der Waals surface area contributed by atoms with Crippen LogP contribution in [0.15, 0.2) is 12.4 Å². The molecule has 0 fully saturated rings. The number of aromatic nitrogens is 2. The Morgan fingerprint density at radius 1 is 1.69 bits per heavy atom. The molecule has 3 N–H and O–H groups in total. The largest absolute Gasteiger partial charge is 0.329 e. The van der Waals surface area contributed by atoms with Gasteiger partial charge in [-0.15, -0.1) is 6.42 Å². The standard InChI is InChI=1S/C12H20N4/c1-4-6-11(5-2)15-12(7-13)10-8-14-16(3)9-10/h2,8-9,11-12,15H,4,6-7,13H2,1,3H3. The Morgan fingerprint density at radius 2 is 2.44 bits per heavy atom. The number of hydrogen-bond donors (Lipinski definition) is 2. The Kier molecular flexibility index (Phi) is 5.03. The van der Waals surface area contributed by atoms with Crippen LogP contribution in [0.25, 0.3) is 0 Å². The molecule has 0 bridgehead atoms. The van der Waals surface area contributed by atoms with Crippen LogP contribution in [0.3, 0.4) is 0 Å². The third-order valence-corrected chi connectivity index (χ3v) is 2.54. The van der Waals surface area contributed by atoms with Gasteiger partial charge in [0.05, 0.1) is 12.2 Å². The van der Waals surface area contributed by atoms with Crippen molar-refractivity contribution in [3.8, 4) is 12.3 Å². The van der Waals surface area contributed by atoms with E-state index in [0.717, 1.165) is 18.4 Å². The first-order valence-electron chi connectivity index (χ1n) is 5.62. The number of aryl methyl sites for hydroxylation is 1. The van der Waals surface area contributed by atoms with Crippen LogP contribution < -0.4 is 11.1 Å². The highest BCUT2D eigenvalue weighted by molar-refractivity contribution is 5.13. The first-order chi connectivity index (χ1) is 7.71. The summed E-state index contributed by atoms with van der Waals surface area (Å²) < 4.78 is 1.77. The zero-order valence-electron chi connectivity index (χ0n) is 9.98. The fourth-order valence-corrected chi connectivity index (χ4v) is 1.67. The fraction of sp³-hybridized carbons (Fsp3) is 0.583. The van der Waals surface area contributed by atoms with E-state index in [9.17, 15) is 0 Å². The van der Waals surface area contributed by atoms with Crippen LogP contribution in [-0.2, 0) is 7.05 Å². The SMILES string of the molecule is C#CC(CCC)NC(CN)c1cnn(C)c1. The lowest BCUT2D eigenvalue weighted by atomic mass is 10.1. The van der Waals surface area contributed by atoms with Gasteiger partial charge >= 0.3 is 0 Å².